The molecule has 0 bridgehead atoms. The van der Waals surface area contributed by atoms with E-state index in [9.17, 15) is 13.5 Å². The van der Waals surface area contributed by atoms with E-state index in [0.29, 0.717) is 18.5 Å². The first-order chi connectivity index (χ1) is 11.0. The molecule has 5 nitrogen and oxygen atoms in total. The fraction of sp³-hybridized carbons (Fsp3) is 0.471. The summed E-state index contributed by atoms with van der Waals surface area (Å²) >= 11 is 0. The second-order valence-electron chi connectivity index (χ2n) is 6.40. The highest BCUT2D eigenvalue weighted by Gasteiger charge is 2.34. The number of para-hydroxylation sites is 1. The van der Waals surface area contributed by atoms with Gasteiger partial charge in [-0.05, 0) is 31.0 Å². The zero-order valence-corrected chi connectivity index (χ0v) is 13.9. The molecular formula is C17H22N2O3S. The van der Waals surface area contributed by atoms with Crippen molar-refractivity contribution in [2.45, 2.75) is 43.5 Å². The molecule has 1 aromatic heterocycles. The van der Waals surface area contributed by atoms with Gasteiger partial charge in [-0.2, -0.15) is 5.10 Å². The molecule has 23 heavy (non-hydrogen) atoms. The Hall–Kier alpha value is -1.66. The predicted molar refractivity (Wildman–Crippen MR) is 89.1 cm³/mol. The van der Waals surface area contributed by atoms with Crippen LogP contribution in [-0.4, -0.2) is 34.7 Å². The lowest BCUT2D eigenvalue weighted by atomic mass is 9.86. The van der Waals surface area contributed by atoms with Crippen molar-refractivity contribution in [2.24, 2.45) is 0 Å². The molecule has 1 N–H and O–H groups in total. The van der Waals surface area contributed by atoms with Gasteiger partial charge in [0.15, 0.2) is 9.84 Å². The molecule has 0 atom stereocenters. The maximum Gasteiger partial charge on any atom is 0.158 e. The highest BCUT2D eigenvalue weighted by Crippen LogP contribution is 2.30. The molecule has 0 unspecified atom stereocenters. The zero-order chi connectivity index (χ0) is 16.3. The molecule has 1 saturated carbocycles. The summed E-state index contributed by atoms with van der Waals surface area (Å²) < 4.78 is 26.5. The van der Waals surface area contributed by atoms with Crippen LogP contribution in [0.4, 0.5) is 0 Å². The van der Waals surface area contributed by atoms with E-state index in [0.717, 1.165) is 24.9 Å². The van der Waals surface area contributed by atoms with Crippen LogP contribution in [-0.2, 0) is 15.6 Å². The van der Waals surface area contributed by atoms with Crippen LogP contribution >= 0.6 is 0 Å². The molecule has 0 spiro atoms. The molecule has 1 fully saturated rings. The number of nitrogens with zero attached hydrogens (tertiary/aromatic N) is 2. The Labute approximate surface area is 136 Å². The van der Waals surface area contributed by atoms with Crippen molar-refractivity contribution in [2.75, 3.05) is 5.75 Å². The van der Waals surface area contributed by atoms with Gasteiger partial charge in [0.1, 0.15) is 0 Å². The van der Waals surface area contributed by atoms with Gasteiger partial charge in [0, 0.05) is 6.20 Å². The Balaban J connectivity index is 1.70. The third-order valence-corrected chi connectivity index (χ3v) is 6.02. The van der Waals surface area contributed by atoms with E-state index in [1.807, 2.05) is 30.3 Å². The van der Waals surface area contributed by atoms with Crippen molar-refractivity contribution in [3.63, 3.8) is 0 Å². The molecule has 1 aliphatic rings. The normalized spacial score (nSPS) is 18.0. The first kappa shape index (κ1) is 16.2. The van der Waals surface area contributed by atoms with Gasteiger partial charge < -0.3 is 5.11 Å². The van der Waals surface area contributed by atoms with Gasteiger partial charge in [0.2, 0.25) is 0 Å². The van der Waals surface area contributed by atoms with Gasteiger partial charge in [-0.25, -0.2) is 13.1 Å². The van der Waals surface area contributed by atoms with Crippen molar-refractivity contribution in [1.29, 1.82) is 0 Å². The van der Waals surface area contributed by atoms with Crippen molar-refractivity contribution in [1.82, 2.24) is 9.78 Å². The first-order valence-corrected chi connectivity index (χ1v) is 9.81. The second-order valence-corrected chi connectivity index (χ2v) is 8.47. The number of sulfone groups is 1. The highest BCUT2D eigenvalue weighted by atomic mass is 32.2. The summed E-state index contributed by atoms with van der Waals surface area (Å²) in [7, 11) is -3.39. The number of benzene rings is 1. The van der Waals surface area contributed by atoms with Crippen LogP contribution in [0.25, 0.3) is 5.69 Å². The van der Waals surface area contributed by atoms with Crippen molar-refractivity contribution >= 4 is 9.84 Å². The van der Waals surface area contributed by atoms with Crippen LogP contribution in [0.2, 0.25) is 0 Å². The fourth-order valence-electron chi connectivity index (χ4n) is 3.20. The molecule has 2 aromatic rings. The van der Waals surface area contributed by atoms with E-state index in [2.05, 4.69) is 5.10 Å². The number of aliphatic hydroxyl groups is 1. The maximum absolute atomic E-state index is 12.4. The smallest absolute Gasteiger partial charge is 0.158 e. The van der Waals surface area contributed by atoms with Crippen LogP contribution in [0, 0.1) is 0 Å². The minimum Gasteiger partial charge on any atom is -0.389 e. The van der Waals surface area contributed by atoms with Gasteiger partial charge in [0.05, 0.1) is 28.5 Å². The highest BCUT2D eigenvalue weighted by molar-refractivity contribution is 7.90. The Morgan fingerprint density at radius 2 is 1.78 bits per heavy atom. The molecule has 1 heterocycles. The third kappa shape index (κ3) is 4.20. The number of hydrogen-bond donors (Lipinski definition) is 1. The molecule has 0 saturated heterocycles. The van der Waals surface area contributed by atoms with Crippen LogP contribution in [0.1, 0.15) is 37.8 Å². The quantitative estimate of drug-likeness (QED) is 0.912. The Bertz CT molecular complexity index is 747. The van der Waals surface area contributed by atoms with E-state index in [1.54, 1.807) is 16.9 Å². The van der Waals surface area contributed by atoms with Gasteiger partial charge in [-0.1, -0.05) is 37.5 Å². The van der Waals surface area contributed by atoms with E-state index in [-0.39, 0.29) is 11.5 Å². The lowest BCUT2D eigenvalue weighted by Gasteiger charge is -2.31. The van der Waals surface area contributed by atoms with E-state index in [1.165, 1.54) is 0 Å². The number of hydrogen-bond acceptors (Lipinski definition) is 4. The Morgan fingerprint density at radius 1 is 1.09 bits per heavy atom. The van der Waals surface area contributed by atoms with Gasteiger partial charge in [-0.3, -0.25) is 0 Å². The Morgan fingerprint density at radius 3 is 2.48 bits per heavy atom. The van der Waals surface area contributed by atoms with E-state index in [4.69, 9.17) is 0 Å². The lowest BCUT2D eigenvalue weighted by Crippen LogP contribution is -2.39. The lowest BCUT2D eigenvalue weighted by molar-refractivity contribution is 0.0257. The summed E-state index contributed by atoms with van der Waals surface area (Å²) in [6, 6.07) is 11.3. The molecule has 1 aliphatic carbocycles. The summed E-state index contributed by atoms with van der Waals surface area (Å²) in [5.41, 5.74) is 0.342. The standard InChI is InChI=1S/C17H22N2O3S/c20-17(10-5-2-6-11-17)14-23(21,22)13-15-9-12-19(18-15)16-7-3-1-4-8-16/h1,3-4,7-9,12,20H,2,5-6,10-11,13-14H2. The van der Waals surface area contributed by atoms with Crippen LogP contribution in [0.15, 0.2) is 42.6 Å². The number of aromatic nitrogens is 2. The summed E-state index contributed by atoms with van der Waals surface area (Å²) in [5, 5.41) is 14.8. The first-order valence-electron chi connectivity index (χ1n) is 7.99. The minimum atomic E-state index is -3.39. The fourth-order valence-corrected chi connectivity index (χ4v) is 5.02. The monoisotopic (exact) mass is 334 g/mol. The molecule has 0 aliphatic heterocycles. The van der Waals surface area contributed by atoms with Crippen LogP contribution < -0.4 is 0 Å². The topological polar surface area (TPSA) is 72.2 Å². The predicted octanol–water partition coefficient (Wildman–Crippen LogP) is 2.48. The maximum atomic E-state index is 12.4. The minimum absolute atomic E-state index is 0.130. The van der Waals surface area contributed by atoms with Crippen LogP contribution in [0.5, 0.6) is 0 Å². The molecule has 0 amide bonds. The summed E-state index contributed by atoms with van der Waals surface area (Å²) in [6.07, 6.45) is 5.78. The SMILES string of the molecule is O=S(=O)(Cc1ccn(-c2ccccc2)n1)CC1(O)CCCCC1. The molecule has 124 valence electrons. The largest absolute Gasteiger partial charge is 0.389 e. The molecule has 0 radical (unpaired) electrons. The second kappa shape index (κ2) is 6.45. The third-order valence-electron chi connectivity index (χ3n) is 4.31. The molecular weight excluding hydrogens is 312 g/mol. The Kier molecular flexibility index (Phi) is 4.55. The van der Waals surface area contributed by atoms with Crippen molar-refractivity contribution in [3.8, 4) is 5.69 Å². The number of rotatable bonds is 5. The van der Waals surface area contributed by atoms with Crippen molar-refractivity contribution in [3.05, 3.63) is 48.3 Å². The average molecular weight is 334 g/mol. The summed E-state index contributed by atoms with van der Waals surface area (Å²) in [5.74, 6) is -0.298. The summed E-state index contributed by atoms with van der Waals surface area (Å²) in [4.78, 5) is 0. The molecule has 3 rings (SSSR count). The van der Waals surface area contributed by atoms with Crippen molar-refractivity contribution < 1.29 is 13.5 Å². The van der Waals surface area contributed by atoms with E-state index < -0.39 is 15.4 Å². The van der Waals surface area contributed by atoms with E-state index >= 15 is 0 Å². The molecule has 1 aromatic carbocycles. The zero-order valence-electron chi connectivity index (χ0n) is 13.1. The average Bonchev–Trinajstić information content (AvgIpc) is 2.95. The summed E-state index contributed by atoms with van der Waals surface area (Å²) in [6.45, 7) is 0. The molecule has 6 heteroatoms. The van der Waals surface area contributed by atoms with Gasteiger partial charge in [0.25, 0.3) is 0 Å². The van der Waals surface area contributed by atoms with Gasteiger partial charge >= 0.3 is 0 Å². The van der Waals surface area contributed by atoms with Crippen LogP contribution in [0.3, 0.4) is 0 Å². The van der Waals surface area contributed by atoms with Gasteiger partial charge in [-0.15, -0.1) is 0 Å².